The van der Waals surface area contributed by atoms with Crippen molar-refractivity contribution in [1.82, 2.24) is 4.90 Å². The van der Waals surface area contributed by atoms with Crippen LogP contribution < -0.4 is 4.74 Å². The van der Waals surface area contributed by atoms with E-state index >= 15 is 0 Å². The predicted molar refractivity (Wildman–Crippen MR) is 128 cm³/mol. The van der Waals surface area contributed by atoms with Crippen LogP contribution in [0.15, 0.2) is 78.9 Å². The molecule has 154 valence electrons. The van der Waals surface area contributed by atoms with Gasteiger partial charge in [-0.2, -0.15) is 0 Å². The molecule has 3 aromatic rings. The molecule has 0 atom stereocenters. The van der Waals surface area contributed by atoms with E-state index in [-0.39, 0.29) is 0 Å². The van der Waals surface area contributed by atoms with Crippen LogP contribution in [0.1, 0.15) is 35.1 Å². The fourth-order valence-corrected chi connectivity index (χ4v) is 4.47. The Morgan fingerprint density at radius 2 is 1.63 bits per heavy atom. The largest absolute Gasteiger partial charge is 0.489 e. The van der Waals surface area contributed by atoms with E-state index in [9.17, 15) is 0 Å². The summed E-state index contributed by atoms with van der Waals surface area (Å²) in [6, 6.07) is 27.5. The third-order valence-corrected chi connectivity index (χ3v) is 6.33. The molecule has 0 bridgehead atoms. The normalized spacial score (nSPS) is 14.5. The maximum Gasteiger partial charge on any atom is 0.120 e. The molecule has 0 radical (unpaired) electrons. The topological polar surface area (TPSA) is 12.5 Å². The maximum atomic E-state index is 6.03. The number of rotatable bonds is 6. The van der Waals surface area contributed by atoms with Gasteiger partial charge in [0.25, 0.3) is 0 Å². The molecular weight excluding hydrogens is 386 g/mol. The van der Waals surface area contributed by atoms with Gasteiger partial charge in [-0.1, -0.05) is 84.5 Å². The average Bonchev–Trinajstić information content (AvgIpc) is 2.79. The Labute approximate surface area is 185 Å². The molecule has 3 aromatic carbocycles. The van der Waals surface area contributed by atoms with Crippen molar-refractivity contribution in [1.29, 1.82) is 0 Å². The fraction of sp³-hybridized carbons (Fsp3) is 0.296. The van der Waals surface area contributed by atoms with Gasteiger partial charge in [-0.25, -0.2) is 0 Å². The van der Waals surface area contributed by atoms with E-state index in [1.54, 1.807) is 0 Å². The number of nitrogens with zero attached hydrogens (tertiary/aromatic N) is 1. The third-order valence-electron chi connectivity index (χ3n) is 5.84. The van der Waals surface area contributed by atoms with Crippen LogP contribution in [-0.4, -0.2) is 23.0 Å². The smallest absolute Gasteiger partial charge is 0.120 e. The van der Waals surface area contributed by atoms with Crippen LogP contribution in [0.2, 0.25) is 0 Å². The second-order valence-electron chi connectivity index (χ2n) is 8.23. The third kappa shape index (κ3) is 5.48. The average molecular weight is 416 g/mol. The Morgan fingerprint density at radius 3 is 2.40 bits per heavy atom. The van der Waals surface area contributed by atoms with Crippen molar-refractivity contribution in [3.63, 3.8) is 0 Å². The van der Waals surface area contributed by atoms with Gasteiger partial charge in [0, 0.05) is 18.7 Å². The van der Waals surface area contributed by atoms with Crippen molar-refractivity contribution in [2.45, 2.75) is 32.8 Å². The lowest BCUT2D eigenvalue weighted by Crippen LogP contribution is -2.38. The minimum absolute atomic E-state index is 0.572. The molecule has 2 nitrogen and oxygen atoms in total. The first-order valence-corrected chi connectivity index (χ1v) is 11.2. The van der Waals surface area contributed by atoms with E-state index in [0.717, 1.165) is 35.3 Å². The first kappa shape index (κ1) is 20.6. The number of hydrogen-bond acceptors (Lipinski definition) is 2. The van der Waals surface area contributed by atoms with Crippen LogP contribution in [0.25, 0.3) is 0 Å². The summed E-state index contributed by atoms with van der Waals surface area (Å²) in [5.74, 6) is 1.62. The first-order valence-electron chi connectivity index (χ1n) is 10.8. The number of benzene rings is 3. The molecule has 0 unspecified atom stereocenters. The van der Waals surface area contributed by atoms with Gasteiger partial charge in [0.1, 0.15) is 17.3 Å². The van der Waals surface area contributed by atoms with Crippen molar-refractivity contribution >= 4 is 17.2 Å². The minimum Gasteiger partial charge on any atom is -0.489 e. The second-order valence-corrected chi connectivity index (χ2v) is 8.62. The Morgan fingerprint density at radius 1 is 0.900 bits per heavy atom. The lowest BCUT2D eigenvalue weighted by molar-refractivity contribution is 0.268. The molecule has 4 rings (SSSR count). The monoisotopic (exact) mass is 415 g/mol. The van der Waals surface area contributed by atoms with Crippen LogP contribution in [0.5, 0.6) is 5.75 Å². The van der Waals surface area contributed by atoms with Gasteiger partial charge < -0.3 is 9.64 Å². The zero-order valence-electron chi connectivity index (χ0n) is 17.6. The first-order chi connectivity index (χ1) is 14.7. The highest BCUT2D eigenvalue weighted by Gasteiger charge is 2.22. The van der Waals surface area contributed by atoms with Crippen LogP contribution in [-0.2, 0) is 13.0 Å². The highest BCUT2D eigenvalue weighted by Crippen LogP contribution is 2.24. The van der Waals surface area contributed by atoms with E-state index in [4.69, 9.17) is 17.0 Å². The van der Waals surface area contributed by atoms with Crippen molar-refractivity contribution in [3.05, 3.63) is 101 Å². The molecule has 3 heteroatoms. The molecule has 1 aliphatic heterocycles. The van der Waals surface area contributed by atoms with E-state index in [1.165, 1.54) is 36.0 Å². The fourth-order valence-electron chi connectivity index (χ4n) is 4.16. The molecule has 1 heterocycles. The van der Waals surface area contributed by atoms with Gasteiger partial charge in [0.15, 0.2) is 0 Å². The Kier molecular flexibility index (Phi) is 6.81. The van der Waals surface area contributed by atoms with Gasteiger partial charge in [0.2, 0.25) is 0 Å². The van der Waals surface area contributed by atoms with Crippen molar-refractivity contribution in [2.24, 2.45) is 5.92 Å². The van der Waals surface area contributed by atoms with Crippen molar-refractivity contribution in [3.8, 4) is 5.75 Å². The number of thiocarbonyl (C=S) groups is 1. The molecule has 30 heavy (non-hydrogen) atoms. The molecule has 0 spiro atoms. The van der Waals surface area contributed by atoms with E-state index in [0.29, 0.717) is 6.61 Å². The maximum absolute atomic E-state index is 6.03. The summed E-state index contributed by atoms with van der Waals surface area (Å²) in [5, 5.41) is 0. The quantitative estimate of drug-likeness (QED) is 0.445. The lowest BCUT2D eigenvalue weighted by atomic mass is 9.90. The van der Waals surface area contributed by atoms with Gasteiger partial charge in [-0.15, -0.1) is 0 Å². The minimum atomic E-state index is 0.572. The number of piperidine rings is 1. The van der Waals surface area contributed by atoms with Gasteiger partial charge >= 0.3 is 0 Å². The number of hydrogen-bond donors (Lipinski definition) is 0. The van der Waals surface area contributed by atoms with Crippen LogP contribution in [0.3, 0.4) is 0 Å². The van der Waals surface area contributed by atoms with Gasteiger partial charge in [0.05, 0.1) is 0 Å². The SMILES string of the molecule is Cc1cccc(COc2cccc(C(=S)N3CCC(Cc4ccccc4)CC3)c2)c1. The molecule has 0 amide bonds. The Hall–Kier alpha value is -2.65. The molecule has 1 fully saturated rings. The number of ether oxygens (including phenoxy) is 1. The summed E-state index contributed by atoms with van der Waals surface area (Å²) >= 11 is 5.83. The van der Waals surface area contributed by atoms with Gasteiger partial charge in [-0.05, 0) is 55.4 Å². The molecule has 0 aliphatic carbocycles. The molecule has 0 N–H and O–H groups in total. The molecule has 0 saturated carbocycles. The molecule has 1 aliphatic rings. The number of likely N-dealkylation sites (tertiary alicyclic amines) is 1. The van der Waals surface area contributed by atoms with Crippen molar-refractivity contribution < 1.29 is 4.74 Å². The van der Waals surface area contributed by atoms with E-state index in [2.05, 4.69) is 78.6 Å². The Bertz CT molecular complexity index is 977. The lowest BCUT2D eigenvalue weighted by Gasteiger charge is -2.34. The highest BCUT2D eigenvalue weighted by molar-refractivity contribution is 7.80. The van der Waals surface area contributed by atoms with E-state index in [1.807, 2.05) is 12.1 Å². The summed E-state index contributed by atoms with van der Waals surface area (Å²) in [6.45, 7) is 4.74. The standard InChI is InChI=1S/C27H29NOS/c1-21-7-5-10-24(17-21)20-29-26-12-6-11-25(19-26)27(30)28-15-13-23(14-16-28)18-22-8-3-2-4-9-22/h2-12,17,19,23H,13-16,18,20H2,1H3. The zero-order chi connectivity index (χ0) is 20.8. The van der Waals surface area contributed by atoms with Crippen LogP contribution >= 0.6 is 12.2 Å². The van der Waals surface area contributed by atoms with Crippen molar-refractivity contribution in [2.75, 3.05) is 13.1 Å². The second kappa shape index (κ2) is 9.90. The zero-order valence-corrected chi connectivity index (χ0v) is 18.4. The van der Waals surface area contributed by atoms with Crippen LogP contribution in [0.4, 0.5) is 0 Å². The predicted octanol–water partition coefficient (Wildman–Crippen LogP) is 6.20. The molecular formula is C27H29NOS. The molecule has 0 aromatic heterocycles. The summed E-state index contributed by atoms with van der Waals surface area (Å²) in [7, 11) is 0. The summed E-state index contributed by atoms with van der Waals surface area (Å²) < 4.78 is 6.03. The van der Waals surface area contributed by atoms with E-state index < -0.39 is 0 Å². The Balaban J connectivity index is 1.32. The van der Waals surface area contributed by atoms with Gasteiger partial charge in [-0.3, -0.25) is 0 Å². The summed E-state index contributed by atoms with van der Waals surface area (Å²) in [6.07, 6.45) is 3.56. The molecule has 1 saturated heterocycles. The highest BCUT2D eigenvalue weighted by atomic mass is 32.1. The summed E-state index contributed by atoms with van der Waals surface area (Å²) in [5.41, 5.74) is 4.95. The summed E-state index contributed by atoms with van der Waals surface area (Å²) in [4.78, 5) is 3.30. The number of aryl methyl sites for hydroxylation is 1. The van der Waals surface area contributed by atoms with Crippen LogP contribution in [0, 0.1) is 12.8 Å².